The van der Waals surface area contributed by atoms with Gasteiger partial charge in [-0.3, -0.25) is 5.43 Å². The van der Waals surface area contributed by atoms with Gasteiger partial charge in [-0.1, -0.05) is 39.0 Å². The van der Waals surface area contributed by atoms with E-state index >= 15 is 0 Å². The van der Waals surface area contributed by atoms with E-state index in [0.29, 0.717) is 24.9 Å². The number of thiocarbonyl (C=S) groups is 1. The van der Waals surface area contributed by atoms with Gasteiger partial charge in [0.05, 0.1) is 6.21 Å². The highest BCUT2D eigenvalue weighted by Gasteiger charge is 2.12. The fraction of sp³-hybridized carbons (Fsp3) is 0.304. The summed E-state index contributed by atoms with van der Waals surface area (Å²) in [6.45, 7) is 11.8. The van der Waals surface area contributed by atoms with Crippen LogP contribution in [0.4, 0.5) is 0 Å². The lowest BCUT2D eigenvalue weighted by Crippen LogP contribution is -2.31. The molecule has 0 aromatic heterocycles. The number of hydrogen-bond donors (Lipinski definition) is 2. The molecule has 2 N–H and O–H groups in total. The summed E-state index contributed by atoms with van der Waals surface area (Å²) in [4.78, 5) is 0. The van der Waals surface area contributed by atoms with Crippen LogP contribution in [0, 0.1) is 0 Å². The quantitative estimate of drug-likeness (QED) is 0.210. The summed E-state index contributed by atoms with van der Waals surface area (Å²) in [5, 5.41) is 7.47. The highest BCUT2D eigenvalue weighted by Crippen LogP contribution is 2.24. The van der Waals surface area contributed by atoms with Crippen molar-refractivity contribution in [2.75, 3.05) is 19.8 Å². The van der Waals surface area contributed by atoms with E-state index in [-0.39, 0.29) is 5.41 Å². The van der Waals surface area contributed by atoms with E-state index in [1.807, 2.05) is 36.4 Å². The van der Waals surface area contributed by atoms with E-state index in [4.69, 9.17) is 21.7 Å². The number of nitrogens with one attached hydrogen (secondary N) is 2. The Kier molecular flexibility index (Phi) is 8.68. The maximum Gasteiger partial charge on any atom is 0.187 e. The smallest absolute Gasteiger partial charge is 0.187 e. The summed E-state index contributed by atoms with van der Waals surface area (Å²) >= 11 is 5.06. The summed E-state index contributed by atoms with van der Waals surface area (Å²) in [5.41, 5.74) is 5.11. The molecule has 6 heteroatoms. The van der Waals surface area contributed by atoms with Gasteiger partial charge in [0, 0.05) is 6.54 Å². The number of nitrogens with zero attached hydrogens (tertiary/aromatic N) is 1. The molecule has 0 unspecified atom stereocenters. The zero-order valence-corrected chi connectivity index (χ0v) is 18.1. The van der Waals surface area contributed by atoms with Gasteiger partial charge in [-0.15, -0.1) is 6.58 Å². The number of hydrazone groups is 1. The average Bonchev–Trinajstić information content (AvgIpc) is 2.70. The van der Waals surface area contributed by atoms with Crippen LogP contribution in [0.5, 0.6) is 11.5 Å². The largest absolute Gasteiger partial charge is 0.490 e. The first kappa shape index (κ1) is 22.4. The van der Waals surface area contributed by atoms with Gasteiger partial charge in [-0.25, -0.2) is 0 Å². The molecular weight excluding hydrogens is 382 g/mol. The Balaban J connectivity index is 1.70. The first-order chi connectivity index (χ1) is 13.9. The van der Waals surface area contributed by atoms with Gasteiger partial charge >= 0.3 is 0 Å². The molecule has 0 aliphatic carbocycles. The van der Waals surface area contributed by atoms with Crippen LogP contribution in [0.3, 0.4) is 0 Å². The van der Waals surface area contributed by atoms with Crippen molar-refractivity contribution in [2.45, 2.75) is 26.2 Å². The van der Waals surface area contributed by atoms with E-state index < -0.39 is 0 Å². The Labute approximate surface area is 178 Å². The number of hydrogen-bond acceptors (Lipinski definition) is 4. The third kappa shape index (κ3) is 8.35. The van der Waals surface area contributed by atoms with E-state index in [2.05, 4.69) is 55.3 Å². The maximum atomic E-state index is 5.74. The van der Waals surface area contributed by atoms with Crippen LogP contribution < -0.4 is 20.2 Å². The molecule has 0 bridgehead atoms. The van der Waals surface area contributed by atoms with Crippen LogP contribution in [-0.4, -0.2) is 31.1 Å². The Morgan fingerprint density at radius 1 is 1.00 bits per heavy atom. The van der Waals surface area contributed by atoms with Crippen LogP contribution in [0.2, 0.25) is 0 Å². The first-order valence-electron chi connectivity index (χ1n) is 9.52. The van der Waals surface area contributed by atoms with Crippen molar-refractivity contribution in [2.24, 2.45) is 5.10 Å². The second kappa shape index (κ2) is 11.2. The van der Waals surface area contributed by atoms with Gasteiger partial charge in [0.1, 0.15) is 24.7 Å². The highest BCUT2D eigenvalue weighted by molar-refractivity contribution is 7.80. The minimum Gasteiger partial charge on any atom is -0.490 e. The van der Waals surface area contributed by atoms with Gasteiger partial charge in [0.15, 0.2) is 5.11 Å². The Morgan fingerprint density at radius 2 is 1.55 bits per heavy atom. The second-order valence-corrected chi connectivity index (χ2v) is 7.82. The standard InChI is InChI=1S/C23H29N3O2S/c1-5-14-24-22(29)26-25-17-18-6-10-20(11-7-18)27-15-16-28-21-12-8-19(9-13-21)23(2,3)4/h5-13,17H,1,14-16H2,2-4H3,(H2,24,26,29)/b25-17+. The molecule has 0 atom stereocenters. The highest BCUT2D eigenvalue weighted by atomic mass is 32.1. The minimum atomic E-state index is 0.142. The van der Waals surface area contributed by atoms with Crippen LogP contribution in [0.25, 0.3) is 0 Å². The van der Waals surface area contributed by atoms with E-state index in [9.17, 15) is 0 Å². The van der Waals surface area contributed by atoms with Crippen molar-refractivity contribution in [3.05, 3.63) is 72.3 Å². The molecule has 0 saturated heterocycles. The zero-order valence-electron chi connectivity index (χ0n) is 17.3. The normalized spacial score (nSPS) is 11.1. The van der Waals surface area contributed by atoms with Crippen LogP contribution >= 0.6 is 12.2 Å². The number of benzene rings is 2. The van der Waals surface area contributed by atoms with Gasteiger partial charge in [0.25, 0.3) is 0 Å². The Hall–Kier alpha value is -2.86. The molecule has 0 aliphatic rings. The molecule has 0 fully saturated rings. The van der Waals surface area contributed by atoms with Gasteiger partial charge in [-0.2, -0.15) is 5.10 Å². The van der Waals surface area contributed by atoms with Crippen molar-refractivity contribution in [1.29, 1.82) is 0 Å². The van der Waals surface area contributed by atoms with Crippen LogP contribution in [0.15, 0.2) is 66.3 Å². The van der Waals surface area contributed by atoms with Gasteiger partial charge in [0.2, 0.25) is 0 Å². The summed E-state index contributed by atoms with van der Waals surface area (Å²) in [5.74, 6) is 1.63. The minimum absolute atomic E-state index is 0.142. The molecular formula is C23H29N3O2S. The molecule has 5 nitrogen and oxygen atoms in total. The van der Waals surface area contributed by atoms with Crippen LogP contribution in [0.1, 0.15) is 31.9 Å². The van der Waals surface area contributed by atoms with E-state index in [1.54, 1.807) is 12.3 Å². The third-order valence-corrected chi connectivity index (χ3v) is 4.24. The summed E-state index contributed by atoms with van der Waals surface area (Å²) in [6.07, 6.45) is 3.42. The monoisotopic (exact) mass is 411 g/mol. The summed E-state index contributed by atoms with van der Waals surface area (Å²) < 4.78 is 11.5. The van der Waals surface area contributed by atoms with Crippen molar-refractivity contribution in [3.63, 3.8) is 0 Å². The lowest BCUT2D eigenvalue weighted by molar-refractivity contribution is 0.217. The van der Waals surface area contributed by atoms with Gasteiger partial charge in [-0.05, 0) is 65.2 Å². The first-order valence-corrected chi connectivity index (χ1v) is 9.93. The topological polar surface area (TPSA) is 54.9 Å². The third-order valence-electron chi connectivity index (χ3n) is 4.01. The molecule has 0 heterocycles. The summed E-state index contributed by atoms with van der Waals surface area (Å²) in [7, 11) is 0. The van der Waals surface area contributed by atoms with Crippen molar-refractivity contribution in [1.82, 2.24) is 10.7 Å². The van der Waals surface area contributed by atoms with E-state index in [0.717, 1.165) is 17.1 Å². The lowest BCUT2D eigenvalue weighted by Gasteiger charge is -2.19. The molecule has 29 heavy (non-hydrogen) atoms. The van der Waals surface area contributed by atoms with Crippen LogP contribution in [-0.2, 0) is 5.41 Å². The fourth-order valence-electron chi connectivity index (χ4n) is 2.39. The Morgan fingerprint density at radius 3 is 2.07 bits per heavy atom. The Bertz CT molecular complexity index is 810. The molecule has 2 rings (SSSR count). The molecule has 2 aromatic carbocycles. The second-order valence-electron chi connectivity index (χ2n) is 7.41. The van der Waals surface area contributed by atoms with Crippen molar-refractivity contribution < 1.29 is 9.47 Å². The number of ether oxygens (including phenoxy) is 2. The summed E-state index contributed by atoms with van der Waals surface area (Å²) in [6, 6.07) is 15.9. The molecule has 0 radical (unpaired) electrons. The van der Waals surface area contributed by atoms with Gasteiger partial charge < -0.3 is 14.8 Å². The number of rotatable bonds is 9. The average molecular weight is 412 g/mol. The fourth-order valence-corrected chi connectivity index (χ4v) is 2.53. The van der Waals surface area contributed by atoms with Crippen molar-refractivity contribution in [3.8, 4) is 11.5 Å². The predicted molar refractivity (Wildman–Crippen MR) is 124 cm³/mol. The zero-order chi connectivity index (χ0) is 21.1. The molecule has 0 spiro atoms. The predicted octanol–water partition coefficient (Wildman–Crippen LogP) is 4.43. The lowest BCUT2D eigenvalue weighted by atomic mass is 9.87. The molecule has 2 aromatic rings. The SMILES string of the molecule is C=CCNC(=S)N/N=C/c1ccc(OCCOc2ccc(C(C)(C)C)cc2)cc1. The van der Waals surface area contributed by atoms with Crippen molar-refractivity contribution >= 4 is 23.5 Å². The molecule has 0 saturated carbocycles. The molecule has 0 amide bonds. The maximum absolute atomic E-state index is 5.74. The molecule has 154 valence electrons. The van der Waals surface area contributed by atoms with E-state index in [1.165, 1.54) is 5.56 Å². The molecule has 0 aliphatic heterocycles.